The van der Waals surface area contributed by atoms with Crippen molar-refractivity contribution in [3.63, 3.8) is 0 Å². The van der Waals surface area contributed by atoms with Crippen LogP contribution in [0.2, 0.25) is 0 Å². The molecule has 6 heteroatoms. The molecular formula is C10H13NO3S2. The summed E-state index contributed by atoms with van der Waals surface area (Å²) in [5, 5.41) is 0. The lowest BCUT2D eigenvalue weighted by atomic mass is 10.3. The molecule has 1 aliphatic rings. The fourth-order valence-electron chi connectivity index (χ4n) is 1.54. The van der Waals surface area contributed by atoms with Gasteiger partial charge >= 0.3 is 0 Å². The quantitative estimate of drug-likeness (QED) is 0.767. The van der Waals surface area contributed by atoms with Gasteiger partial charge in [0.2, 0.25) is 0 Å². The van der Waals surface area contributed by atoms with E-state index in [1.807, 2.05) is 18.2 Å². The number of fused-ring (bicyclic) bond motifs is 1. The van der Waals surface area contributed by atoms with Gasteiger partial charge < -0.3 is 4.90 Å². The van der Waals surface area contributed by atoms with Crippen molar-refractivity contribution in [3.05, 3.63) is 24.3 Å². The average Bonchev–Trinajstić information content (AvgIpc) is 2.60. The number of rotatable bonds is 4. The van der Waals surface area contributed by atoms with Gasteiger partial charge in [-0.15, -0.1) is 11.8 Å². The third-order valence-electron chi connectivity index (χ3n) is 2.24. The Morgan fingerprint density at radius 3 is 2.94 bits per heavy atom. The number of benzene rings is 1. The standard InChI is InChI=1S/C10H13NO3S2/c1-16(12,13)14-7-6-11-8-15-10-5-3-2-4-9(10)11/h2-5H,6-8H2,1H3. The van der Waals surface area contributed by atoms with Crippen molar-refractivity contribution in [3.8, 4) is 0 Å². The van der Waals surface area contributed by atoms with Crippen LogP contribution >= 0.6 is 11.8 Å². The van der Waals surface area contributed by atoms with Gasteiger partial charge in [0.25, 0.3) is 10.1 Å². The van der Waals surface area contributed by atoms with Crippen LogP contribution in [0, 0.1) is 0 Å². The van der Waals surface area contributed by atoms with E-state index in [9.17, 15) is 8.42 Å². The minimum atomic E-state index is -3.33. The summed E-state index contributed by atoms with van der Waals surface area (Å²) in [6.07, 6.45) is 1.07. The zero-order chi connectivity index (χ0) is 11.6. The fraction of sp³-hybridized carbons (Fsp3) is 0.400. The van der Waals surface area contributed by atoms with Gasteiger partial charge in [0.1, 0.15) is 0 Å². The summed E-state index contributed by atoms with van der Waals surface area (Å²) in [4.78, 5) is 3.35. The molecule has 0 saturated carbocycles. The Hall–Kier alpha value is -0.720. The summed E-state index contributed by atoms with van der Waals surface area (Å²) in [7, 11) is -3.33. The smallest absolute Gasteiger partial charge is 0.264 e. The van der Waals surface area contributed by atoms with Crippen LogP contribution in [0.5, 0.6) is 0 Å². The second-order valence-corrected chi connectivity index (χ2v) is 6.16. The molecule has 4 nitrogen and oxygen atoms in total. The van der Waals surface area contributed by atoms with E-state index in [1.165, 1.54) is 4.90 Å². The molecule has 1 heterocycles. The number of para-hydroxylation sites is 1. The molecule has 0 radical (unpaired) electrons. The predicted molar refractivity (Wildman–Crippen MR) is 65.3 cm³/mol. The maximum Gasteiger partial charge on any atom is 0.264 e. The minimum Gasteiger partial charge on any atom is -0.359 e. The van der Waals surface area contributed by atoms with Crippen molar-refractivity contribution < 1.29 is 12.6 Å². The summed E-state index contributed by atoms with van der Waals surface area (Å²) in [6, 6.07) is 8.09. The van der Waals surface area contributed by atoms with E-state index < -0.39 is 10.1 Å². The van der Waals surface area contributed by atoms with Crippen LogP contribution in [0.1, 0.15) is 0 Å². The third-order valence-corrected chi connectivity index (χ3v) is 3.93. The lowest BCUT2D eigenvalue weighted by Gasteiger charge is -2.17. The largest absolute Gasteiger partial charge is 0.359 e. The van der Waals surface area contributed by atoms with Crippen LogP contribution in [0.3, 0.4) is 0 Å². The van der Waals surface area contributed by atoms with Crippen LogP contribution in [0.15, 0.2) is 29.2 Å². The summed E-state index contributed by atoms with van der Waals surface area (Å²) in [5.74, 6) is 0.854. The van der Waals surface area contributed by atoms with Crippen LogP contribution in [0.25, 0.3) is 0 Å². The topological polar surface area (TPSA) is 46.6 Å². The summed E-state index contributed by atoms with van der Waals surface area (Å²) >= 11 is 1.75. The maximum atomic E-state index is 10.8. The SMILES string of the molecule is CS(=O)(=O)OCCN1CSc2ccccc21. The van der Waals surface area contributed by atoms with Gasteiger partial charge in [-0.3, -0.25) is 4.18 Å². The van der Waals surface area contributed by atoms with E-state index in [4.69, 9.17) is 4.18 Å². The minimum absolute atomic E-state index is 0.202. The fourth-order valence-corrected chi connectivity index (χ4v) is 3.00. The van der Waals surface area contributed by atoms with E-state index >= 15 is 0 Å². The molecule has 16 heavy (non-hydrogen) atoms. The molecule has 0 spiro atoms. The van der Waals surface area contributed by atoms with Gasteiger partial charge in [0.05, 0.1) is 24.4 Å². The van der Waals surface area contributed by atoms with Crippen molar-refractivity contribution in [1.29, 1.82) is 0 Å². The first-order valence-electron chi connectivity index (χ1n) is 4.87. The Morgan fingerprint density at radius 2 is 2.19 bits per heavy atom. The highest BCUT2D eigenvalue weighted by atomic mass is 32.2. The first-order valence-corrected chi connectivity index (χ1v) is 7.68. The highest BCUT2D eigenvalue weighted by molar-refractivity contribution is 7.99. The lowest BCUT2D eigenvalue weighted by molar-refractivity contribution is 0.329. The Balaban J connectivity index is 1.94. The second kappa shape index (κ2) is 4.65. The highest BCUT2D eigenvalue weighted by Crippen LogP contribution is 2.37. The number of nitrogens with zero attached hydrogens (tertiary/aromatic N) is 1. The van der Waals surface area contributed by atoms with Gasteiger partial charge in [0.15, 0.2) is 0 Å². The van der Waals surface area contributed by atoms with Crippen LogP contribution < -0.4 is 4.90 Å². The predicted octanol–water partition coefficient (Wildman–Crippen LogP) is 1.53. The molecule has 0 unspecified atom stereocenters. The Kier molecular flexibility index (Phi) is 3.41. The zero-order valence-corrected chi connectivity index (χ0v) is 10.6. The van der Waals surface area contributed by atoms with Crippen molar-refractivity contribution in [2.24, 2.45) is 0 Å². The molecule has 0 N–H and O–H groups in total. The zero-order valence-electron chi connectivity index (χ0n) is 8.92. The molecule has 1 aliphatic heterocycles. The first-order chi connectivity index (χ1) is 7.56. The normalized spacial score (nSPS) is 15.2. The van der Waals surface area contributed by atoms with Crippen LogP contribution in [0.4, 0.5) is 5.69 Å². The monoisotopic (exact) mass is 259 g/mol. The number of hydrogen-bond acceptors (Lipinski definition) is 5. The van der Waals surface area contributed by atoms with Gasteiger partial charge in [-0.25, -0.2) is 0 Å². The van der Waals surface area contributed by atoms with E-state index in [-0.39, 0.29) is 6.61 Å². The van der Waals surface area contributed by atoms with Gasteiger partial charge in [-0.1, -0.05) is 12.1 Å². The molecule has 0 saturated heterocycles. The average molecular weight is 259 g/mol. The Labute approximate surface area is 99.7 Å². The van der Waals surface area contributed by atoms with Crippen molar-refractivity contribution in [2.75, 3.05) is 30.2 Å². The van der Waals surface area contributed by atoms with Crippen molar-refractivity contribution in [1.82, 2.24) is 0 Å². The van der Waals surface area contributed by atoms with Crippen LogP contribution in [-0.4, -0.2) is 33.7 Å². The van der Waals surface area contributed by atoms with Gasteiger partial charge in [0, 0.05) is 11.4 Å². The van der Waals surface area contributed by atoms with E-state index in [1.54, 1.807) is 11.8 Å². The molecule has 1 aromatic rings. The number of anilines is 1. The molecule has 0 fully saturated rings. The molecule has 88 valence electrons. The molecule has 0 bridgehead atoms. The van der Waals surface area contributed by atoms with E-state index in [0.717, 1.165) is 17.8 Å². The Bertz CT molecular complexity index is 473. The molecule has 2 rings (SSSR count). The highest BCUT2D eigenvalue weighted by Gasteiger charge is 2.18. The van der Waals surface area contributed by atoms with Crippen LogP contribution in [-0.2, 0) is 14.3 Å². The first kappa shape index (κ1) is 11.8. The molecule has 0 aliphatic carbocycles. The van der Waals surface area contributed by atoms with Crippen molar-refractivity contribution in [2.45, 2.75) is 4.90 Å². The van der Waals surface area contributed by atoms with Gasteiger partial charge in [-0.05, 0) is 12.1 Å². The molecule has 0 amide bonds. The van der Waals surface area contributed by atoms with E-state index in [0.29, 0.717) is 6.54 Å². The Morgan fingerprint density at radius 1 is 1.44 bits per heavy atom. The third kappa shape index (κ3) is 2.90. The second-order valence-electron chi connectivity index (χ2n) is 3.53. The summed E-state index contributed by atoms with van der Waals surface area (Å²) in [6.45, 7) is 0.796. The number of hydrogen-bond donors (Lipinski definition) is 0. The van der Waals surface area contributed by atoms with E-state index in [2.05, 4.69) is 11.0 Å². The summed E-state index contributed by atoms with van der Waals surface area (Å²) in [5.41, 5.74) is 1.16. The molecular weight excluding hydrogens is 246 g/mol. The molecule has 0 aromatic heterocycles. The molecule has 0 atom stereocenters. The van der Waals surface area contributed by atoms with Gasteiger partial charge in [-0.2, -0.15) is 8.42 Å². The number of thioether (sulfide) groups is 1. The van der Waals surface area contributed by atoms with Crippen molar-refractivity contribution >= 4 is 27.6 Å². The lowest BCUT2D eigenvalue weighted by Crippen LogP contribution is -2.25. The molecule has 1 aromatic carbocycles. The summed E-state index contributed by atoms with van der Waals surface area (Å²) < 4.78 is 26.3. The maximum absolute atomic E-state index is 10.8.